The van der Waals surface area contributed by atoms with Crippen LogP contribution in [0.25, 0.3) is 0 Å². The van der Waals surface area contributed by atoms with Crippen molar-refractivity contribution in [2.24, 2.45) is 5.41 Å². The molecule has 1 spiro atoms. The minimum Gasteiger partial charge on any atom is -0.497 e. The molecule has 136 valence electrons. The van der Waals surface area contributed by atoms with Gasteiger partial charge in [-0.15, -0.1) is 0 Å². The lowest BCUT2D eigenvalue weighted by atomic mass is 9.88. The van der Waals surface area contributed by atoms with Gasteiger partial charge < -0.3 is 19.7 Å². The molecule has 3 rings (SSSR count). The highest BCUT2D eigenvalue weighted by molar-refractivity contribution is 5.97. The fourth-order valence-corrected chi connectivity index (χ4v) is 3.38. The van der Waals surface area contributed by atoms with Crippen molar-refractivity contribution in [1.29, 1.82) is 0 Å². The Morgan fingerprint density at radius 3 is 2.56 bits per heavy atom. The third-order valence-electron chi connectivity index (χ3n) is 4.93. The minimum absolute atomic E-state index is 0.136. The van der Waals surface area contributed by atoms with Crippen LogP contribution in [0.4, 0.5) is 0 Å². The lowest BCUT2D eigenvalue weighted by Gasteiger charge is -2.42. The zero-order chi connectivity index (χ0) is 18.2. The second-order valence-electron chi connectivity index (χ2n) is 7.87. The number of hydrogen-bond donors (Lipinski definition) is 1. The van der Waals surface area contributed by atoms with Gasteiger partial charge in [-0.2, -0.15) is 0 Å². The van der Waals surface area contributed by atoms with Crippen LogP contribution in [0.15, 0.2) is 18.2 Å². The lowest BCUT2D eigenvalue weighted by Crippen LogP contribution is -2.55. The van der Waals surface area contributed by atoms with E-state index in [-0.39, 0.29) is 17.2 Å². The minimum atomic E-state index is -0.484. The molecule has 1 N–H and O–H groups in total. The van der Waals surface area contributed by atoms with Crippen LogP contribution in [-0.4, -0.2) is 49.1 Å². The van der Waals surface area contributed by atoms with Gasteiger partial charge in [-0.3, -0.25) is 9.59 Å². The van der Waals surface area contributed by atoms with Gasteiger partial charge in [0.25, 0.3) is 5.91 Å². The Bertz CT molecular complexity index is 685. The Morgan fingerprint density at radius 2 is 1.96 bits per heavy atom. The SMILES string of the molecule is COc1ccc2c(c1)OC1(CCN(C(=O)C(C)(C)C)CC1)CNC2=O. The average Bonchev–Trinajstić information content (AvgIpc) is 2.71. The number of carbonyl (C=O) groups excluding carboxylic acids is 2. The summed E-state index contributed by atoms with van der Waals surface area (Å²) in [4.78, 5) is 26.7. The first-order valence-corrected chi connectivity index (χ1v) is 8.69. The molecule has 1 fully saturated rings. The molecule has 0 radical (unpaired) electrons. The summed E-state index contributed by atoms with van der Waals surface area (Å²) in [6, 6.07) is 5.24. The van der Waals surface area contributed by atoms with Gasteiger partial charge in [0.1, 0.15) is 17.1 Å². The Morgan fingerprint density at radius 1 is 1.28 bits per heavy atom. The molecule has 2 heterocycles. The van der Waals surface area contributed by atoms with Crippen LogP contribution in [0.2, 0.25) is 0 Å². The van der Waals surface area contributed by atoms with Crippen molar-refractivity contribution < 1.29 is 19.1 Å². The van der Waals surface area contributed by atoms with Gasteiger partial charge >= 0.3 is 0 Å². The first kappa shape index (κ1) is 17.6. The molecule has 0 aliphatic carbocycles. The number of ether oxygens (including phenoxy) is 2. The average molecular weight is 346 g/mol. The van der Waals surface area contributed by atoms with Crippen LogP contribution < -0.4 is 14.8 Å². The van der Waals surface area contributed by atoms with Gasteiger partial charge in [-0.1, -0.05) is 20.8 Å². The van der Waals surface area contributed by atoms with E-state index in [0.29, 0.717) is 49.5 Å². The van der Waals surface area contributed by atoms with E-state index in [1.807, 2.05) is 25.7 Å². The molecule has 6 heteroatoms. The van der Waals surface area contributed by atoms with Crippen LogP contribution in [0, 0.1) is 5.41 Å². The summed E-state index contributed by atoms with van der Waals surface area (Å²) in [6.07, 6.45) is 1.37. The molecule has 6 nitrogen and oxygen atoms in total. The molecule has 0 saturated carbocycles. The number of piperidine rings is 1. The van der Waals surface area contributed by atoms with Crippen LogP contribution in [0.3, 0.4) is 0 Å². The number of nitrogens with one attached hydrogen (secondary N) is 1. The number of methoxy groups -OCH3 is 1. The Labute approximate surface area is 148 Å². The van der Waals surface area contributed by atoms with E-state index in [2.05, 4.69) is 5.32 Å². The van der Waals surface area contributed by atoms with Crippen molar-refractivity contribution in [3.63, 3.8) is 0 Å². The quantitative estimate of drug-likeness (QED) is 0.847. The summed E-state index contributed by atoms with van der Waals surface area (Å²) in [6.45, 7) is 7.51. The molecule has 0 atom stereocenters. The molecule has 0 bridgehead atoms. The van der Waals surface area contributed by atoms with Crippen LogP contribution in [0.5, 0.6) is 11.5 Å². The lowest BCUT2D eigenvalue weighted by molar-refractivity contribution is -0.142. The van der Waals surface area contributed by atoms with E-state index >= 15 is 0 Å². The predicted molar refractivity (Wildman–Crippen MR) is 94.0 cm³/mol. The summed E-state index contributed by atoms with van der Waals surface area (Å²) in [5.74, 6) is 1.22. The first-order valence-electron chi connectivity index (χ1n) is 8.69. The Hall–Kier alpha value is -2.24. The fourth-order valence-electron chi connectivity index (χ4n) is 3.38. The summed E-state index contributed by atoms with van der Waals surface area (Å²) in [5, 5.41) is 2.96. The molecule has 2 amide bonds. The van der Waals surface area contributed by atoms with E-state index in [4.69, 9.17) is 9.47 Å². The number of rotatable bonds is 1. The second-order valence-corrected chi connectivity index (χ2v) is 7.87. The van der Waals surface area contributed by atoms with E-state index in [1.165, 1.54) is 0 Å². The number of amides is 2. The monoisotopic (exact) mass is 346 g/mol. The highest BCUT2D eigenvalue weighted by Crippen LogP contribution is 2.35. The summed E-state index contributed by atoms with van der Waals surface area (Å²) in [5.41, 5.74) is -0.351. The van der Waals surface area contributed by atoms with Crippen molar-refractivity contribution >= 4 is 11.8 Å². The molecule has 0 unspecified atom stereocenters. The van der Waals surface area contributed by atoms with Gasteiger partial charge in [0.15, 0.2) is 0 Å². The van der Waals surface area contributed by atoms with Crippen molar-refractivity contribution in [3.05, 3.63) is 23.8 Å². The number of hydrogen-bond acceptors (Lipinski definition) is 4. The van der Waals surface area contributed by atoms with Gasteiger partial charge in [0, 0.05) is 37.4 Å². The molecule has 2 aliphatic rings. The van der Waals surface area contributed by atoms with Crippen molar-refractivity contribution in [2.75, 3.05) is 26.7 Å². The molecular formula is C19H26N2O4. The third kappa shape index (κ3) is 3.43. The molecule has 2 aliphatic heterocycles. The summed E-state index contributed by atoms with van der Waals surface area (Å²) >= 11 is 0. The van der Waals surface area contributed by atoms with E-state index in [0.717, 1.165) is 0 Å². The normalized spacial score (nSPS) is 19.5. The smallest absolute Gasteiger partial charge is 0.255 e. The van der Waals surface area contributed by atoms with Crippen LogP contribution in [-0.2, 0) is 4.79 Å². The van der Waals surface area contributed by atoms with Crippen molar-refractivity contribution in [2.45, 2.75) is 39.2 Å². The number of benzene rings is 1. The highest BCUT2D eigenvalue weighted by Gasteiger charge is 2.42. The maximum absolute atomic E-state index is 12.5. The van der Waals surface area contributed by atoms with Gasteiger partial charge in [0.05, 0.1) is 19.2 Å². The number of likely N-dealkylation sites (tertiary alicyclic amines) is 1. The third-order valence-corrected chi connectivity index (χ3v) is 4.93. The zero-order valence-corrected chi connectivity index (χ0v) is 15.3. The predicted octanol–water partition coefficient (Wildman–Crippen LogP) is 2.22. The van der Waals surface area contributed by atoms with Gasteiger partial charge in [-0.05, 0) is 12.1 Å². The summed E-state index contributed by atoms with van der Waals surface area (Å²) < 4.78 is 11.6. The largest absolute Gasteiger partial charge is 0.497 e. The molecule has 1 saturated heterocycles. The first-order chi connectivity index (χ1) is 11.7. The highest BCUT2D eigenvalue weighted by atomic mass is 16.5. The van der Waals surface area contributed by atoms with Crippen molar-refractivity contribution in [3.8, 4) is 11.5 Å². The van der Waals surface area contributed by atoms with E-state index in [1.54, 1.807) is 25.3 Å². The topological polar surface area (TPSA) is 67.9 Å². The number of fused-ring (bicyclic) bond motifs is 1. The zero-order valence-electron chi connectivity index (χ0n) is 15.3. The number of carbonyl (C=O) groups is 2. The maximum Gasteiger partial charge on any atom is 0.255 e. The Balaban J connectivity index is 1.80. The van der Waals surface area contributed by atoms with Crippen LogP contribution in [0.1, 0.15) is 44.0 Å². The molecular weight excluding hydrogens is 320 g/mol. The van der Waals surface area contributed by atoms with Gasteiger partial charge in [0.2, 0.25) is 5.91 Å². The molecule has 25 heavy (non-hydrogen) atoms. The van der Waals surface area contributed by atoms with E-state index < -0.39 is 5.60 Å². The molecule has 1 aromatic carbocycles. The standard InChI is InChI=1S/C19H26N2O4/c1-18(2,3)17(23)21-9-7-19(8-10-21)12-20-16(22)14-6-5-13(24-4)11-15(14)25-19/h5-6,11H,7-10,12H2,1-4H3,(H,20,22). The molecule has 1 aromatic rings. The summed E-state index contributed by atoms with van der Waals surface area (Å²) in [7, 11) is 1.59. The fraction of sp³-hybridized carbons (Fsp3) is 0.579. The number of nitrogens with zero attached hydrogens (tertiary/aromatic N) is 1. The van der Waals surface area contributed by atoms with E-state index in [9.17, 15) is 9.59 Å². The van der Waals surface area contributed by atoms with Gasteiger partial charge in [-0.25, -0.2) is 0 Å². The second kappa shape index (κ2) is 6.24. The molecule has 0 aromatic heterocycles. The van der Waals surface area contributed by atoms with Crippen molar-refractivity contribution in [1.82, 2.24) is 10.2 Å². The maximum atomic E-state index is 12.5. The Kier molecular flexibility index (Phi) is 4.39. The van der Waals surface area contributed by atoms with Crippen LogP contribution >= 0.6 is 0 Å².